The second-order valence-electron chi connectivity index (χ2n) is 4.98. The molecule has 0 saturated carbocycles. The molecule has 2 N–H and O–H groups in total. The summed E-state index contributed by atoms with van der Waals surface area (Å²) in [6.07, 6.45) is -0.881. The van der Waals surface area contributed by atoms with Crippen LogP contribution in [0.1, 0.15) is 20.8 Å². The molecule has 2 amide bonds. The fraction of sp³-hybridized carbons (Fsp3) is 0.438. The van der Waals surface area contributed by atoms with Gasteiger partial charge in [-0.3, -0.25) is 14.4 Å². The van der Waals surface area contributed by atoms with Crippen molar-refractivity contribution in [3.8, 4) is 0 Å². The zero-order chi connectivity index (χ0) is 18.1. The maximum Gasteiger partial charge on any atom is 0.319 e. The number of benzene rings is 1. The van der Waals surface area contributed by atoms with Gasteiger partial charge >= 0.3 is 5.97 Å². The van der Waals surface area contributed by atoms with E-state index in [0.717, 1.165) is 11.8 Å². The summed E-state index contributed by atoms with van der Waals surface area (Å²) in [5, 5.41) is 4.56. The fourth-order valence-electron chi connectivity index (χ4n) is 1.64. The Hall–Kier alpha value is -2.09. The summed E-state index contributed by atoms with van der Waals surface area (Å²) in [6, 6.07) is 5.38. The van der Waals surface area contributed by atoms with Crippen molar-refractivity contribution < 1.29 is 23.5 Å². The number of carbonyl (C=O) groups is 3. The van der Waals surface area contributed by atoms with Crippen LogP contribution in [0.4, 0.5) is 10.1 Å². The lowest BCUT2D eigenvalue weighted by Crippen LogP contribution is -2.37. The number of amides is 2. The van der Waals surface area contributed by atoms with Gasteiger partial charge in [0.05, 0.1) is 5.75 Å². The highest BCUT2D eigenvalue weighted by atomic mass is 32.2. The molecule has 8 heteroatoms. The first-order valence-corrected chi connectivity index (χ1v) is 8.53. The van der Waals surface area contributed by atoms with Gasteiger partial charge in [0.2, 0.25) is 5.91 Å². The number of halogens is 1. The molecule has 0 heterocycles. The van der Waals surface area contributed by atoms with E-state index in [2.05, 4.69) is 10.6 Å². The van der Waals surface area contributed by atoms with E-state index in [0.29, 0.717) is 12.2 Å². The third-order valence-corrected chi connectivity index (χ3v) is 4.06. The lowest BCUT2D eigenvalue weighted by Gasteiger charge is -2.16. The highest BCUT2D eigenvalue weighted by Gasteiger charge is 2.22. The summed E-state index contributed by atoms with van der Waals surface area (Å²) >= 11 is 1.09. The molecular weight excluding hydrogens is 335 g/mol. The third kappa shape index (κ3) is 6.99. The summed E-state index contributed by atoms with van der Waals surface area (Å²) in [5.41, 5.74) is 0.474. The molecular formula is C16H21FN2O4S. The normalized spacial score (nSPS) is 12.8. The van der Waals surface area contributed by atoms with Gasteiger partial charge < -0.3 is 15.4 Å². The number of likely N-dealkylation sites (N-methyl/N-ethyl adjacent to an activating group) is 1. The molecule has 0 spiro atoms. The Kier molecular flexibility index (Phi) is 8.25. The second-order valence-corrected chi connectivity index (χ2v) is 6.31. The lowest BCUT2D eigenvalue weighted by atomic mass is 10.3. The number of anilines is 1. The van der Waals surface area contributed by atoms with Crippen molar-refractivity contribution in [2.45, 2.75) is 32.1 Å². The molecule has 0 fully saturated rings. The van der Waals surface area contributed by atoms with E-state index in [1.54, 1.807) is 13.8 Å². The van der Waals surface area contributed by atoms with Crippen LogP contribution in [0, 0.1) is 5.82 Å². The standard InChI is InChI=1S/C16H21FN2O4S/c1-4-18-15(21)10(2)23-16(22)11(3)24-9-14(20)19-13-7-5-12(17)6-8-13/h5-8,10-11H,4,9H2,1-3H3,(H,18,21)(H,19,20)/t10-,11+/m0/s1. The summed E-state index contributed by atoms with van der Waals surface area (Å²) in [4.78, 5) is 35.2. The van der Waals surface area contributed by atoms with E-state index < -0.39 is 17.3 Å². The minimum absolute atomic E-state index is 0.0309. The van der Waals surface area contributed by atoms with Crippen LogP contribution >= 0.6 is 11.8 Å². The van der Waals surface area contributed by atoms with Crippen LogP contribution < -0.4 is 10.6 Å². The second kappa shape index (κ2) is 9.92. The fourth-order valence-corrected chi connectivity index (χ4v) is 2.31. The van der Waals surface area contributed by atoms with Crippen LogP contribution in [0.25, 0.3) is 0 Å². The Bertz CT molecular complexity index is 580. The summed E-state index contributed by atoms with van der Waals surface area (Å²) in [6.45, 7) is 5.31. The van der Waals surface area contributed by atoms with E-state index in [9.17, 15) is 18.8 Å². The Morgan fingerprint density at radius 3 is 2.42 bits per heavy atom. The molecule has 0 aromatic heterocycles. The zero-order valence-corrected chi connectivity index (χ0v) is 14.6. The van der Waals surface area contributed by atoms with Crippen LogP contribution in [0.15, 0.2) is 24.3 Å². The van der Waals surface area contributed by atoms with E-state index in [-0.39, 0.29) is 23.4 Å². The predicted molar refractivity (Wildman–Crippen MR) is 91.2 cm³/mol. The molecule has 132 valence electrons. The van der Waals surface area contributed by atoms with Crippen LogP contribution in [-0.2, 0) is 19.1 Å². The molecule has 6 nitrogen and oxygen atoms in total. The van der Waals surface area contributed by atoms with Crippen molar-refractivity contribution in [2.75, 3.05) is 17.6 Å². The van der Waals surface area contributed by atoms with Crippen LogP contribution in [-0.4, -0.2) is 41.4 Å². The van der Waals surface area contributed by atoms with Gasteiger partial charge in [0.15, 0.2) is 6.10 Å². The Morgan fingerprint density at radius 1 is 1.21 bits per heavy atom. The van der Waals surface area contributed by atoms with Crippen LogP contribution in [0.5, 0.6) is 0 Å². The predicted octanol–water partition coefficient (Wildman–Crippen LogP) is 1.95. The van der Waals surface area contributed by atoms with Gasteiger partial charge in [-0.2, -0.15) is 0 Å². The third-order valence-electron chi connectivity index (χ3n) is 2.94. The van der Waals surface area contributed by atoms with E-state index in [4.69, 9.17) is 4.74 Å². The molecule has 0 radical (unpaired) electrons. The lowest BCUT2D eigenvalue weighted by molar-refractivity contribution is -0.153. The first kappa shape index (κ1) is 20.0. The SMILES string of the molecule is CCNC(=O)[C@H](C)OC(=O)[C@@H](C)SCC(=O)Nc1ccc(F)cc1. The molecule has 0 aliphatic carbocycles. The Balaban J connectivity index is 2.37. The van der Waals surface area contributed by atoms with Gasteiger partial charge in [-0.15, -0.1) is 11.8 Å². The molecule has 0 bridgehead atoms. The summed E-state index contributed by atoms with van der Waals surface area (Å²) < 4.78 is 17.8. The van der Waals surface area contributed by atoms with Gasteiger partial charge in [-0.05, 0) is 45.0 Å². The number of rotatable bonds is 8. The van der Waals surface area contributed by atoms with Crippen molar-refractivity contribution in [1.82, 2.24) is 5.32 Å². The average molecular weight is 356 g/mol. The number of ether oxygens (including phenoxy) is 1. The highest BCUT2D eigenvalue weighted by Crippen LogP contribution is 2.14. The zero-order valence-electron chi connectivity index (χ0n) is 13.8. The molecule has 0 aliphatic rings. The van der Waals surface area contributed by atoms with Crippen LogP contribution in [0.2, 0.25) is 0 Å². The Morgan fingerprint density at radius 2 is 1.83 bits per heavy atom. The number of carbonyl (C=O) groups excluding carboxylic acids is 3. The van der Waals surface area contributed by atoms with Crippen molar-refractivity contribution in [2.24, 2.45) is 0 Å². The maximum absolute atomic E-state index is 12.8. The van der Waals surface area contributed by atoms with Crippen molar-refractivity contribution in [1.29, 1.82) is 0 Å². The maximum atomic E-state index is 12.8. The molecule has 24 heavy (non-hydrogen) atoms. The van der Waals surface area contributed by atoms with Gasteiger partial charge in [0.25, 0.3) is 5.91 Å². The minimum atomic E-state index is -0.881. The topological polar surface area (TPSA) is 84.5 Å². The molecule has 0 saturated heterocycles. The van der Waals surface area contributed by atoms with Crippen molar-refractivity contribution in [3.63, 3.8) is 0 Å². The summed E-state index contributed by atoms with van der Waals surface area (Å²) in [5.74, 6) is -1.60. The number of thioether (sulfide) groups is 1. The molecule has 1 rings (SSSR count). The van der Waals surface area contributed by atoms with Crippen molar-refractivity contribution in [3.05, 3.63) is 30.1 Å². The molecule has 1 aromatic carbocycles. The average Bonchev–Trinajstić information content (AvgIpc) is 2.54. The smallest absolute Gasteiger partial charge is 0.319 e. The quantitative estimate of drug-likeness (QED) is 0.696. The number of hydrogen-bond acceptors (Lipinski definition) is 5. The number of hydrogen-bond donors (Lipinski definition) is 2. The number of nitrogens with one attached hydrogen (secondary N) is 2. The largest absolute Gasteiger partial charge is 0.452 e. The molecule has 1 aromatic rings. The van der Waals surface area contributed by atoms with E-state index in [1.165, 1.54) is 31.2 Å². The Labute approximate surface area is 144 Å². The van der Waals surface area contributed by atoms with E-state index >= 15 is 0 Å². The number of esters is 1. The first-order chi connectivity index (χ1) is 11.3. The first-order valence-electron chi connectivity index (χ1n) is 7.48. The summed E-state index contributed by atoms with van der Waals surface area (Å²) in [7, 11) is 0. The highest BCUT2D eigenvalue weighted by molar-refractivity contribution is 8.01. The van der Waals surface area contributed by atoms with Gasteiger partial charge in [0, 0.05) is 12.2 Å². The van der Waals surface area contributed by atoms with Crippen LogP contribution in [0.3, 0.4) is 0 Å². The molecule has 0 aliphatic heterocycles. The molecule has 2 atom stereocenters. The minimum Gasteiger partial charge on any atom is -0.452 e. The van der Waals surface area contributed by atoms with Gasteiger partial charge in [-0.25, -0.2) is 4.39 Å². The molecule has 0 unspecified atom stereocenters. The van der Waals surface area contributed by atoms with Gasteiger partial charge in [0.1, 0.15) is 11.1 Å². The van der Waals surface area contributed by atoms with Crippen molar-refractivity contribution >= 4 is 35.2 Å². The van der Waals surface area contributed by atoms with Gasteiger partial charge in [-0.1, -0.05) is 0 Å². The van der Waals surface area contributed by atoms with E-state index in [1.807, 2.05) is 0 Å². The monoisotopic (exact) mass is 356 g/mol.